The lowest BCUT2D eigenvalue weighted by Gasteiger charge is -2.38. The first-order chi connectivity index (χ1) is 18.5. The molecule has 0 spiro atoms. The monoisotopic (exact) mass is 574 g/mol. The van der Waals surface area contributed by atoms with Gasteiger partial charge in [-0.3, -0.25) is 4.79 Å². The molecule has 0 aromatic carbocycles. The second-order valence-electron chi connectivity index (χ2n) is 12.3. The molecular weight excluding hydrogens is 537 g/mol. The van der Waals surface area contributed by atoms with E-state index in [-0.39, 0.29) is 53.7 Å². The molecule has 13 heteroatoms. The summed E-state index contributed by atoms with van der Waals surface area (Å²) < 4.78 is 76.7. The Morgan fingerprint density at radius 1 is 1.08 bits per heavy atom. The van der Waals surface area contributed by atoms with Crippen LogP contribution in [0.1, 0.15) is 73.5 Å². The Kier molecular flexibility index (Phi) is 7.47. The van der Waals surface area contributed by atoms with Crippen molar-refractivity contribution in [2.45, 2.75) is 81.6 Å². The van der Waals surface area contributed by atoms with Crippen LogP contribution in [-0.2, 0) is 14.8 Å². The van der Waals surface area contributed by atoms with Crippen molar-refractivity contribution in [2.24, 2.45) is 17.8 Å². The Morgan fingerprint density at radius 3 is 2.33 bits per heavy atom. The van der Waals surface area contributed by atoms with E-state index in [4.69, 9.17) is 9.26 Å². The molecule has 4 saturated heterocycles. The third kappa shape index (κ3) is 6.01. The van der Waals surface area contributed by atoms with Gasteiger partial charge < -0.3 is 19.5 Å². The highest BCUT2D eigenvalue weighted by Crippen LogP contribution is 2.44. The van der Waals surface area contributed by atoms with E-state index < -0.39 is 22.6 Å². The highest BCUT2D eigenvalue weighted by molar-refractivity contribution is 7.89. The minimum Gasteiger partial charge on any atom is -0.380 e. The Hall–Kier alpha value is -1.70. The van der Waals surface area contributed by atoms with Gasteiger partial charge in [0.05, 0.1) is 24.9 Å². The Bertz CT molecular complexity index is 1130. The molecule has 5 aliphatic rings. The van der Waals surface area contributed by atoms with Crippen LogP contribution in [0.25, 0.3) is 0 Å². The molecule has 6 rings (SSSR count). The SMILES string of the molecule is O=C(NC1C[C@H]2CC[C@@H](C1)N2S(=O)(=O)CC1C[C@@H]2CN(CCCC(F)(F)F)C[C@@H]2C1)c1cc(C2COC2)on1. The topological polar surface area (TPSA) is 105 Å². The van der Waals surface area contributed by atoms with E-state index in [0.29, 0.717) is 50.2 Å². The van der Waals surface area contributed by atoms with Crippen LogP contribution in [0.3, 0.4) is 0 Å². The van der Waals surface area contributed by atoms with Gasteiger partial charge in [-0.2, -0.15) is 17.5 Å². The summed E-state index contributed by atoms with van der Waals surface area (Å²) in [6.07, 6.45) is -0.306. The van der Waals surface area contributed by atoms with Crippen molar-refractivity contribution in [1.29, 1.82) is 0 Å². The number of carbonyl (C=O) groups excluding carboxylic acids is 1. The molecular formula is C26H37F3N4O5S. The first kappa shape index (κ1) is 27.5. The third-order valence-electron chi connectivity index (χ3n) is 9.43. The fourth-order valence-corrected chi connectivity index (χ4v) is 10.0. The van der Waals surface area contributed by atoms with Crippen LogP contribution in [0.4, 0.5) is 13.2 Å². The minimum absolute atomic E-state index is 0.0987. The maximum Gasteiger partial charge on any atom is 0.389 e. The number of hydrogen-bond acceptors (Lipinski definition) is 7. The summed E-state index contributed by atoms with van der Waals surface area (Å²) >= 11 is 0. The number of aromatic nitrogens is 1. The summed E-state index contributed by atoms with van der Waals surface area (Å²) in [7, 11) is -3.44. The van der Waals surface area contributed by atoms with Crippen LogP contribution in [0, 0.1) is 17.8 Å². The van der Waals surface area contributed by atoms with E-state index in [1.165, 1.54) is 0 Å². The summed E-state index contributed by atoms with van der Waals surface area (Å²) in [6, 6.07) is 1.34. The number of carbonyl (C=O) groups is 1. The quantitative estimate of drug-likeness (QED) is 0.483. The number of likely N-dealkylation sites (tertiary alicyclic amines) is 1. The number of halogens is 3. The number of hydrogen-bond donors (Lipinski definition) is 1. The number of rotatable bonds is 9. The van der Waals surface area contributed by atoms with Crippen molar-refractivity contribution in [3.05, 3.63) is 17.5 Å². The van der Waals surface area contributed by atoms with Crippen molar-refractivity contribution < 1.29 is 35.6 Å². The smallest absolute Gasteiger partial charge is 0.380 e. The van der Waals surface area contributed by atoms with Crippen LogP contribution < -0.4 is 5.32 Å². The number of alkyl halides is 3. The molecule has 2 unspecified atom stereocenters. The first-order valence-electron chi connectivity index (χ1n) is 14.2. The summed E-state index contributed by atoms with van der Waals surface area (Å²) in [5, 5.41) is 6.95. The molecule has 1 aliphatic carbocycles. The van der Waals surface area contributed by atoms with Gasteiger partial charge in [-0.05, 0) is 69.2 Å². The largest absolute Gasteiger partial charge is 0.389 e. The molecule has 1 amide bonds. The highest BCUT2D eigenvalue weighted by Gasteiger charge is 2.49. The molecule has 5 fully saturated rings. The standard InChI is InChI=1S/C26H37F3N4O5S/c27-26(28,29)4-1-5-32-11-17-6-16(7-18(17)12-32)15-39(35,36)33-21-2-3-22(33)9-20(8-21)30-25(34)23-10-24(38-31-23)19-13-37-14-19/h10,16-22H,1-9,11-15H2,(H,30,34)/t16?,17-,18+,20?,21-,22+. The van der Waals surface area contributed by atoms with E-state index >= 15 is 0 Å². The fraction of sp³-hybridized carbons (Fsp3) is 0.846. The number of fused-ring (bicyclic) bond motifs is 3. The molecule has 0 radical (unpaired) electrons. The lowest BCUT2D eigenvalue weighted by atomic mass is 9.99. The summed E-state index contributed by atoms with van der Waals surface area (Å²) in [6.45, 7) is 3.14. The average molecular weight is 575 g/mol. The van der Waals surface area contributed by atoms with Gasteiger partial charge >= 0.3 is 6.18 Å². The van der Waals surface area contributed by atoms with Crippen LogP contribution in [0.5, 0.6) is 0 Å². The zero-order chi connectivity index (χ0) is 27.4. The van der Waals surface area contributed by atoms with Crippen molar-refractivity contribution in [1.82, 2.24) is 19.7 Å². The van der Waals surface area contributed by atoms with Gasteiger partial charge in [0.1, 0.15) is 5.76 Å². The second kappa shape index (κ2) is 10.6. The lowest BCUT2D eigenvalue weighted by Crippen LogP contribution is -2.53. The zero-order valence-electron chi connectivity index (χ0n) is 21.9. The predicted molar refractivity (Wildman–Crippen MR) is 134 cm³/mol. The summed E-state index contributed by atoms with van der Waals surface area (Å²) in [4.78, 5) is 14.9. The normalized spacial score (nSPS) is 33.8. The van der Waals surface area contributed by atoms with Crippen LogP contribution >= 0.6 is 0 Å². The van der Waals surface area contributed by atoms with Gasteiger partial charge in [0.2, 0.25) is 10.0 Å². The molecule has 6 atom stereocenters. The maximum absolute atomic E-state index is 13.6. The Balaban J connectivity index is 0.982. The van der Waals surface area contributed by atoms with Gasteiger partial charge in [-0.15, -0.1) is 0 Å². The van der Waals surface area contributed by atoms with Crippen LogP contribution in [-0.4, -0.2) is 91.6 Å². The number of amides is 1. The van der Waals surface area contributed by atoms with Gasteiger partial charge in [-0.1, -0.05) is 5.16 Å². The van der Waals surface area contributed by atoms with E-state index in [0.717, 1.165) is 38.8 Å². The highest BCUT2D eigenvalue weighted by atomic mass is 32.2. The number of nitrogens with zero attached hydrogens (tertiary/aromatic N) is 3. The molecule has 4 aliphatic heterocycles. The predicted octanol–water partition coefficient (Wildman–Crippen LogP) is 3.14. The zero-order valence-corrected chi connectivity index (χ0v) is 22.8. The van der Waals surface area contributed by atoms with E-state index in [1.807, 2.05) is 0 Å². The van der Waals surface area contributed by atoms with Gasteiger partial charge in [0.25, 0.3) is 5.91 Å². The van der Waals surface area contributed by atoms with E-state index in [1.54, 1.807) is 10.4 Å². The minimum atomic E-state index is -4.11. The van der Waals surface area contributed by atoms with Gasteiger partial charge in [-0.25, -0.2) is 8.42 Å². The van der Waals surface area contributed by atoms with Crippen molar-refractivity contribution in [3.8, 4) is 0 Å². The molecule has 1 N–H and O–H groups in total. The van der Waals surface area contributed by atoms with Crippen LogP contribution in [0.15, 0.2) is 10.6 Å². The number of ether oxygens (including phenoxy) is 1. The number of piperidine rings is 1. The van der Waals surface area contributed by atoms with Gasteiger partial charge in [0, 0.05) is 43.7 Å². The lowest BCUT2D eigenvalue weighted by molar-refractivity contribution is -0.136. The summed E-state index contributed by atoms with van der Waals surface area (Å²) in [5.41, 5.74) is 0.241. The summed E-state index contributed by atoms with van der Waals surface area (Å²) in [5.74, 6) is 1.50. The molecule has 2 bridgehead atoms. The van der Waals surface area contributed by atoms with E-state index in [9.17, 15) is 26.4 Å². The van der Waals surface area contributed by atoms with Gasteiger partial charge in [0.15, 0.2) is 5.69 Å². The van der Waals surface area contributed by atoms with Crippen LogP contribution in [0.2, 0.25) is 0 Å². The molecule has 218 valence electrons. The average Bonchev–Trinajstić information content (AvgIpc) is 3.55. The number of sulfonamides is 1. The fourth-order valence-electron chi connectivity index (χ4n) is 7.68. The second-order valence-corrected chi connectivity index (χ2v) is 14.2. The maximum atomic E-state index is 13.6. The van der Waals surface area contributed by atoms with E-state index in [2.05, 4.69) is 15.4 Å². The molecule has 5 heterocycles. The first-order valence-corrected chi connectivity index (χ1v) is 15.8. The Morgan fingerprint density at radius 2 is 1.74 bits per heavy atom. The van der Waals surface area contributed by atoms with Crippen molar-refractivity contribution >= 4 is 15.9 Å². The van der Waals surface area contributed by atoms with Crippen molar-refractivity contribution in [2.75, 3.05) is 38.6 Å². The number of nitrogens with one attached hydrogen (secondary N) is 1. The third-order valence-corrected chi connectivity index (χ3v) is 11.6. The molecule has 1 aromatic heterocycles. The molecule has 39 heavy (non-hydrogen) atoms. The Labute approximate surface area is 226 Å². The molecule has 1 aromatic rings. The van der Waals surface area contributed by atoms with Crippen molar-refractivity contribution in [3.63, 3.8) is 0 Å². The molecule has 1 saturated carbocycles. The molecule has 9 nitrogen and oxygen atoms in total.